The maximum absolute atomic E-state index is 2.54. The Labute approximate surface area is 375 Å². The standard InChI is InChI=1S/C63H45N/c1-63(2)59-33-16-15-30-54(59)55-38-36-47(41-60(55)63)64(46-35-37-50(42-19-5-3-6-20-42)57(40-46)44-21-7-4-8-22-44)61-34-18-32-56(52-31-17-25-43-23-9-11-26-48(43)52)62(61)58-39-45-24-10-12-27-49(45)51-28-13-14-29-53(51)58/h3-41H,1-2H3. The second kappa shape index (κ2) is 15.1. The summed E-state index contributed by atoms with van der Waals surface area (Å²) in [4.78, 5) is 2.54. The molecule has 0 saturated carbocycles. The third-order valence-electron chi connectivity index (χ3n) is 13.7. The van der Waals surface area contributed by atoms with Gasteiger partial charge >= 0.3 is 0 Å². The topological polar surface area (TPSA) is 3.24 Å². The quantitative estimate of drug-likeness (QED) is 0.145. The van der Waals surface area contributed by atoms with Crippen LogP contribution in [0.3, 0.4) is 0 Å². The van der Waals surface area contributed by atoms with Gasteiger partial charge in [-0.3, -0.25) is 0 Å². The number of nitrogens with zero attached hydrogens (tertiary/aromatic N) is 1. The molecule has 0 aliphatic heterocycles. The lowest BCUT2D eigenvalue weighted by Gasteiger charge is -2.32. The predicted octanol–water partition coefficient (Wildman–Crippen LogP) is 17.6. The molecule has 0 atom stereocenters. The van der Waals surface area contributed by atoms with Gasteiger partial charge in [-0.15, -0.1) is 0 Å². The van der Waals surface area contributed by atoms with Gasteiger partial charge in [-0.25, -0.2) is 0 Å². The predicted molar refractivity (Wildman–Crippen MR) is 273 cm³/mol. The minimum Gasteiger partial charge on any atom is -0.310 e. The molecule has 1 aliphatic rings. The minimum absolute atomic E-state index is 0.178. The molecule has 0 amide bonds. The highest BCUT2D eigenvalue weighted by atomic mass is 15.1. The van der Waals surface area contributed by atoms with Crippen molar-refractivity contribution in [1.29, 1.82) is 0 Å². The Morgan fingerprint density at radius 3 is 1.61 bits per heavy atom. The number of hydrogen-bond acceptors (Lipinski definition) is 1. The summed E-state index contributed by atoms with van der Waals surface area (Å²) in [6.45, 7) is 4.75. The normalized spacial score (nSPS) is 12.7. The zero-order valence-electron chi connectivity index (χ0n) is 36.0. The maximum atomic E-state index is 2.54. The molecule has 0 saturated heterocycles. The minimum atomic E-state index is -0.178. The molecule has 0 N–H and O–H groups in total. The van der Waals surface area contributed by atoms with Crippen LogP contribution in [0.1, 0.15) is 25.0 Å². The highest BCUT2D eigenvalue weighted by Crippen LogP contribution is 2.54. The van der Waals surface area contributed by atoms with Crippen LogP contribution in [0, 0.1) is 0 Å². The van der Waals surface area contributed by atoms with Crippen LogP contribution < -0.4 is 4.90 Å². The van der Waals surface area contributed by atoms with Crippen molar-refractivity contribution in [2.45, 2.75) is 19.3 Å². The van der Waals surface area contributed by atoms with E-state index in [-0.39, 0.29) is 5.41 Å². The van der Waals surface area contributed by atoms with Gasteiger partial charge in [0.15, 0.2) is 0 Å². The molecule has 1 heteroatoms. The van der Waals surface area contributed by atoms with Gasteiger partial charge in [-0.2, -0.15) is 0 Å². The molecular weight excluding hydrogens is 771 g/mol. The van der Waals surface area contributed by atoms with E-state index in [4.69, 9.17) is 0 Å². The summed E-state index contributed by atoms with van der Waals surface area (Å²) in [6, 6.07) is 87.5. The average molecular weight is 816 g/mol. The van der Waals surface area contributed by atoms with Crippen molar-refractivity contribution in [2.75, 3.05) is 4.90 Å². The lowest BCUT2D eigenvalue weighted by Crippen LogP contribution is -2.17. The Balaban J connectivity index is 1.21. The molecule has 1 nitrogen and oxygen atoms in total. The Morgan fingerprint density at radius 2 is 0.828 bits per heavy atom. The van der Waals surface area contributed by atoms with Crippen LogP contribution in [0.15, 0.2) is 237 Å². The number of hydrogen-bond donors (Lipinski definition) is 0. The van der Waals surface area contributed by atoms with E-state index in [2.05, 4.69) is 255 Å². The highest BCUT2D eigenvalue weighted by molar-refractivity contribution is 6.17. The molecular formula is C63H45N. The molecule has 0 aromatic heterocycles. The van der Waals surface area contributed by atoms with Crippen LogP contribution in [0.5, 0.6) is 0 Å². The molecule has 11 aromatic carbocycles. The zero-order valence-corrected chi connectivity index (χ0v) is 36.0. The van der Waals surface area contributed by atoms with Crippen LogP contribution in [0.2, 0.25) is 0 Å². The molecule has 0 radical (unpaired) electrons. The van der Waals surface area contributed by atoms with Crippen molar-refractivity contribution in [2.24, 2.45) is 0 Å². The zero-order chi connectivity index (χ0) is 42.8. The largest absolute Gasteiger partial charge is 0.310 e. The van der Waals surface area contributed by atoms with E-state index < -0.39 is 0 Å². The Hall–Kier alpha value is -8.00. The second-order valence-electron chi connectivity index (χ2n) is 17.6. The third kappa shape index (κ3) is 6.08. The summed E-state index contributed by atoms with van der Waals surface area (Å²) in [6.07, 6.45) is 0. The smallest absolute Gasteiger partial charge is 0.0546 e. The molecule has 0 unspecified atom stereocenters. The molecule has 0 bridgehead atoms. The first-order valence-electron chi connectivity index (χ1n) is 22.3. The van der Waals surface area contributed by atoms with Crippen LogP contribution in [-0.4, -0.2) is 0 Å². The second-order valence-corrected chi connectivity index (χ2v) is 17.6. The van der Waals surface area contributed by atoms with E-state index in [0.29, 0.717) is 0 Å². The Kier molecular flexibility index (Phi) is 8.91. The van der Waals surface area contributed by atoms with Crippen molar-refractivity contribution < 1.29 is 0 Å². The van der Waals surface area contributed by atoms with Crippen molar-refractivity contribution in [3.63, 3.8) is 0 Å². The van der Waals surface area contributed by atoms with Gasteiger partial charge in [0.1, 0.15) is 0 Å². The SMILES string of the molecule is CC1(C)c2ccccc2-c2ccc(N(c3ccc(-c4ccccc4)c(-c4ccccc4)c3)c3cccc(-c4cccc5ccccc45)c3-c3cc4ccccc4c4ccccc34)cc21. The first-order chi connectivity index (χ1) is 31.5. The fourth-order valence-corrected chi connectivity index (χ4v) is 10.6. The van der Waals surface area contributed by atoms with E-state index in [1.807, 2.05) is 0 Å². The Bertz CT molecular complexity index is 3580. The monoisotopic (exact) mass is 815 g/mol. The number of benzene rings is 11. The summed E-state index contributed by atoms with van der Waals surface area (Å²) in [5.41, 5.74) is 18.0. The van der Waals surface area contributed by atoms with Gasteiger partial charge in [0.05, 0.1) is 5.69 Å². The van der Waals surface area contributed by atoms with Crippen molar-refractivity contribution in [1.82, 2.24) is 0 Å². The van der Waals surface area contributed by atoms with Crippen LogP contribution in [0.4, 0.5) is 17.1 Å². The average Bonchev–Trinajstić information content (AvgIpc) is 3.59. The third-order valence-corrected chi connectivity index (χ3v) is 13.7. The molecule has 1 aliphatic carbocycles. The molecule has 0 heterocycles. The van der Waals surface area contributed by atoms with E-state index in [9.17, 15) is 0 Å². The van der Waals surface area contributed by atoms with Gasteiger partial charge in [0.2, 0.25) is 0 Å². The van der Waals surface area contributed by atoms with Gasteiger partial charge < -0.3 is 4.90 Å². The van der Waals surface area contributed by atoms with Crippen molar-refractivity contribution in [3.05, 3.63) is 248 Å². The fraction of sp³-hybridized carbons (Fsp3) is 0.0476. The first kappa shape index (κ1) is 37.7. The number of anilines is 3. The summed E-state index contributed by atoms with van der Waals surface area (Å²) in [5, 5.41) is 7.41. The molecule has 0 fully saturated rings. The molecule has 64 heavy (non-hydrogen) atoms. The first-order valence-corrected chi connectivity index (χ1v) is 22.3. The van der Waals surface area contributed by atoms with E-state index in [1.165, 1.54) is 99.1 Å². The fourth-order valence-electron chi connectivity index (χ4n) is 10.6. The lowest BCUT2D eigenvalue weighted by atomic mass is 9.82. The molecule has 302 valence electrons. The Morgan fingerprint density at radius 1 is 0.297 bits per heavy atom. The number of rotatable bonds is 7. The van der Waals surface area contributed by atoms with Gasteiger partial charge in [0.25, 0.3) is 0 Å². The summed E-state index contributed by atoms with van der Waals surface area (Å²) >= 11 is 0. The van der Waals surface area contributed by atoms with E-state index >= 15 is 0 Å². The summed E-state index contributed by atoms with van der Waals surface area (Å²) < 4.78 is 0. The van der Waals surface area contributed by atoms with Crippen molar-refractivity contribution in [3.8, 4) is 55.6 Å². The highest BCUT2D eigenvalue weighted by Gasteiger charge is 2.36. The van der Waals surface area contributed by atoms with Crippen molar-refractivity contribution >= 4 is 49.4 Å². The maximum Gasteiger partial charge on any atom is 0.0546 e. The summed E-state index contributed by atoms with van der Waals surface area (Å²) in [5.74, 6) is 0. The van der Waals surface area contributed by atoms with Crippen LogP contribution in [0.25, 0.3) is 88.0 Å². The van der Waals surface area contributed by atoms with E-state index in [1.54, 1.807) is 0 Å². The molecule has 12 rings (SSSR count). The van der Waals surface area contributed by atoms with Crippen LogP contribution in [-0.2, 0) is 5.41 Å². The van der Waals surface area contributed by atoms with Gasteiger partial charge in [0, 0.05) is 22.4 Å². The van der Waals surface area contributed by atoms with Crippen LogP contribution >= 0.6 is 0 Å². The molecule has 11 aromatic rings. The number of fused-ring (bicyclic) bond motifs is 7. The van der Waals surface area contributed by atoms with Gasteiger partial charge in [-0.05, 0) is 130 Å². The van der Waals surface area contributed by atoms with Gasteiger partial charge in [-0.1, -0.05) is 214 Å². The summed E-state index contributed by atoms with van der Waals surface area (Å²) in [7, 11) is 0. The lowest BCUT2D eigenvalue weighted by molar-refractivity contribution is 0.660. The van der Waals surface area contributed by atoms with E-state index in [0.717, 1.165) is 17.1 Å². The molecule has 0 spiro atoms.